The molecule has 11 nitrogen and oxygen atoms in total. The third kappa shape index (κ3) is 2.06. The molecule has 1 aromatic carbocycles. The van der Waals surface area contributed by atoms with Crippen LogP contribution in [0.4, 0.5) is 11.4 Å². The maximum atomic E-state index is 12.0. The van der Waals surface area contributed by atoms with Crippen molar-refractivity contribution in [2.75, 3.05) is 31.2 Å². The van der Waals surface area contributed by atoms with Crippen LogP contribution in [0.15, 0.2) is 21.7 Å². The van der Waals surface area contributed by atoms with Gasteiger partial charge in [0.15, 0.2) is 0 Å². The van der Waals surface area contributed by atoms with E-state index >= 15 is 0 Å². The largest absolute Gasteiger partial charge is 0.378 e. The minimum atomic E-state index is -0.603. The van der Waals surface area contributed by atoms with E-state index in [9.17, 15) is 19.7 Å². The molecule has 124 valence electrons. The zero-order valence-corrected chi connectivity index (χ0v) is 12.3. The average molecular weight is 332 g/mol. The number of H-pyrrole nitrogens is 2. The lowest BCUT2D eigenvalue weighted by molar-refractivity contribution is -0.384. The van der Waals surface area contributed by atoms with E-state index in [4.69, 9.17) is 4.74 Å². The highest BCUT2D eigenvalue weighted by Gasteiger charge is 2.24. The van der Waals surface area contributed by atoms with Gasteiger partial charge >= 0.3 is 5.69 Å². The lowest BCUT2D eigenvalue weighted by Gasteiger charge is -2.28. The second-order valence-corrected chi connectivity index (χ2v) is 5.36. The summed E-state index contributed by atoms with van der Waals surface area (Å²) in [5, 5.41) is 17.3. The van der Waals surface area contributed by atoms with Gasteiger partial charge in [-0.05, 0) is 6.07 Å². The first-order chi connectivity index (χ1) is 11.6. The predicted molar refractivity (Wildman–Crippen MR) is 83.6 cm³/mol. The van der Waals surface area contributed by atoms with E-state index in [0.717, 1.165) is 4.40 Å². The molecule has 2 aromatic heterocycles. The topological polar surface area (TPSA) is 139 Å². The van der Waals surface area contributed by atoms with Gasteiger partial charge in [-0.15, -0.1) is 5.10 Å². The Morgan fingerprint density at radius 2 is 2.00 bits per heavy atom. The Kier molecular flexibility index (Phi) is 3.09. The number of aromatic nitrogens is 4. The highest BCUT2D eigenvalue weighted by atomic mass is 16.6. The number of ether oxygens (including phenoxy) is 1. The molecule has 0 saturated carbocycles. The summed E-state index contributed by atoms with van der Waals surface area (Å²) in [5.74, 6) is 0. The van der Waals surface area contributed by atoms with E-state index in [2.05, 4.69) is 15.2 Å². The number of anilines is 1. The monoisotopic (exact) mass is 332 g/mol. The van der Waals surface area contributed by atoms with Crippen LogP contribution in [0.5, 0.6) is 0 Å². The highest BCUT2D eigenvalue weighted by molar-refractivity contribution is 5.86. The number of nitrogens with one attached hydrogen (secondary N) is 2. The predicted octanol–water partition coefficient (Wildman–Crippen LogP) is -0.391. The summed E-state index contributed by atoms with van der Waals surface area (Å²) in [7, 11) is 0. The van der Waals surface area contributed by atoms with Crippen molar-refractivity contribution in [1.82, 2.24) is 19.6 Å². The molecule has 0 spiro atoms. The van der Waals surface area contributed by atoms with E-state index in [1.807, 2.05) is 4.90 Å². The number of benzene rings is 1. The molecule has 0 amide bonds. The fourth-order valence-corrected chi connectivity index (χ4v) is 2.91. The fraction of sp³-hybridized carbons (Fsp3) is 0.308. The fourth-order valence-electron chi connectivity index (χ4n) is 2.91. The van der Waals surface area contributed by atoms with Crippen LogP contribution in [-0.4, -0.2) is 50.8 Å². The third-order valence-electron chi connectivity index (χ3n) is 4.01. The maximum Gasteiger partial charge on any atom is 0.348 e. The first kappa shape index (κ1) is 14.4. The first-order valence-corrected chi connectivity index (χ1v) is 7.20. The number of rotatable bonds is 2. The minimum absolute atomic E-state index is 0.0886. The van der Waals surface area contributed by atoms with Crippen molar-refractivity contribution >= 4 is 28.1 Å². The Hall–Kier alpha value is -3.21. The van der Waals surface area contributed by atoms with Gasteiger partial charge < -0.3 is 14.6 Å². The van der Waals surface area contributed by atoms with Crippen molar-refractivity contribution in [3.63, 3.8) is 0 Å². The molecule has 1 aliphatic rings. The molecule has 0 aliphatic carbocycles. The number of fused-ring (bicyclic) bond motifs is 3. The smallest absolute Gasteiger partial charge is 0.348 e. The van der Waals surface area contributed by atoms with Crippen molar-refractivity contribution in [3.05, 3.63) is 43.1 Å². The van der Waals surface area contributed by atoms with Gasteiger partial charge in [0.05, 0.1) is 29.2 Å². The van der Waals surface area contributed by atoms with Crippen molar-refractivity contribution < 1.29 is 9.66 Å². The molecule has 4 rings (SSSR count). The minimum Gasteiger partial charge on any atom is -0.378 e. The van der Waals surface area contributed by atoms with E-state index in [1.165, 1.54) is 12.1 Å². The Bertz CT molecular complexity index is 1070. The zero-order chi connectivity index (χ0) is 16.8. The van der Waals surface area contributed by atoms with Gasteiger partial charge in [0.1, 0.15) is 5.69 Å². The summed E-state index contributed by atoms with van der Waals surface area (Å²) in [6, 6.07) is 2.79. The van der Waals surface area contributed by atoms with Crippen LogP contribution in [0.25, 0.3) is 16.7 Å². The summed E-state index contributed by atoms with van der Waals surface area (Å²) in [6.45, 7) is 1.92. The molecule has 0 atom stereocenters. The molecule has 2 N–H and O–H groups in total. The first-order valence-electron chi connectivity index (χ1n) is 7.20. The SMILES string of the molecule is O=c1[nH]c2cc([N+](=O)[O-])c(N3CCOCC3)cc2n2c(=O)[nH]nc12. The van der Waals surface area contributed by atoms with Gasteiger partial charge in [-0.2, -0.15) is 0 Å². The number of hydrogen-bond acceptors (Lipinski definition) is 7. The van der Waals surface area contributed by atoms with Crippen LogP contribution in [0.3, 0.4) is 0 Å². The molecule has 11 heteroatoms. The summed E-state index contributed by atoms with van der Waals surface area (Å²) in [6.07, 6.45) is 0. The quantitative estimate of drug-likeness (QED) is 0.481. The lowest BCUT2D eigenvalue weighted by Crippen LogP contribution is -2.36. The molecular formula is C13H12N6O5. The van der Waals surface area contributed by atoms with Crippen LogP contribution < -0.4 is 16.1 Å². The van der Waals surface area contributed by atoms with Crippen LogP contribution >= 0.6 is 0 Å². The number of morpholine rings is 1. The molecule has 0 unspecified atom stereocenters. The molecule has 24 heavy (non-hydrogen) atoms. The highest BCUT2D eigenvalue weighted by Crippen LogP contribution is 2.32. The molecule has 3 heterocycles. The van der Waals surface area contributed by atoms with Crippen molar-refractivity contribution in [1.29, 1.82) is 0 Å². The second-order valence-electron chi connectivity index (χ2n) is 5.36. The van der Waals surface area contributed by atoms with E-state index in [-0.39, 0.29) is 16.9 Å². The maximum absolute atomic E-state index is 12.0. The van der Waals surface area contributed by atoms with Crippen LogP contribution in [0.1, 0.15) is 0 Å². The summed E-state index contributed by atoms with van der Waals surface area (Å²) < 4.78 is 6.39. The summed E-state index contributed by atoms with van der Waals surface area (Å²) in [5.41, 5.74) is -0.505. The number of nitrogens with zero attached hydrogens (tertiary/aromatic N) is 4. The number of aromatic amines is 2. The van der Waals surface area contributed by atoms with Gasteiger partial charge in [0.2, 0.25) is 5.65 Å². The average Bonchev–Trinajstić information content (AvgIpc) is 2.97. The van der Waals surface area contributed by atoms with Gasteiger partial charge in [-0.3, -0.25) is 14.9 Å². The van der Waals surface area contributed by atoms with Gasteiger partial charge in [-0.25, -0.2) is 14.3 Å². The molecule has 1 aliphatic heterocycles. The standard InChI is InChI=1S/C13H12N6O5/c20-12-11-15-16-13(21)18(11)8-6-9(17-1-3-24-4-2-17)10(19(22)23)5-7(8)14-12/h5-6H,1-4H2,(H,14,20)(H,16,21). The second kappa shape index (κ2) is 5.16. The zero-order valence-electron chi connectivity index (χ0n) is 12.3. The van der Waals surface area contributed by atoms with Crippen LogP contribution in [0.2, 0.25) is 0 Å². The van der Waals surface area contributed by atoms with Gasteiger partial charge in [0.25, 0.3) is 11.2 Å². The van der Waals surface area contributed by atoms with Crippen molar-refractivity contribution in [2.45, 2.75) is 0 Å². The number of nitro groups is 1. The van der Waals surface area contributed by atoms with Gasteiger partial charge in [-0.1, -0.05) is 0 Å². The van der Waals surface area contributed by atoms with Crippen LogP contribution in [0, 0.1) is 10.1 Å². The molecule has 0 radical (unpaired) electrons. The Morgan fingerprint density at radius 3 is 2.71 bits per heavy atom. The number of nitro benzene ring substituents is 1. The number of hydrogen-bond donors (Lipinski definition) is 2. The Balaban J connectivity index is 2.08. The van der Waals surface area contributed by atoms with E-state index in [1.54, 1.807) is 0 Å². The molecule has 0 bridgehead atoms. The Morgan fingerprint density at radius 1 is 1.25 bits per heavy atom. The summed E-state index contributed by atoms with van der Waals surface area (Å²) in [4.78, 5) is 39.2. The molecular weight excluding hydrogens is 320 g/mol. The molecule has 3 aromatic rings. The van der Waals surface area contributed by atoms with Gasteiger partial charge in [0, 0.05) is 19.2 Å². The van der Waals surface area contributed by atoms with Crippen LogP contribution in [-0.2, 0) is 4.74 Å². The Labute approximate surface area is 132 Å². The molecule has 1 fully saturated rings. The summed E-state index contributed by atoms with van der Waals surface area (Å²) >= 11 is 0. The van der Waals surface area contributed by atoms with Crippen molar-refractivity contribution in [2.24, 2.45) is 0 Å². The lowest BCUT2D eigenvalue weighted by atomic mass is 10.2. The van der Waals surface area contributed by atoms with E-state index in [0.29, 0.717) is 37.5 Å². The van der Waals surface area contributed by atoms with E-state index < -0.39 is 16.2 Å². The normalized spacial score (nSPS) is 15.2. The molecule has 1 saturated heterocycles. The third-order valence-corrected chi connectivity index (χ3v) is 4.01. The van der Waals surface area contributed by atoms with Crippen molar-refractivity contribution in [3.8, 4) is 0 Å².